The second-order valence-corrected chi connectivity index (χ2v) is 5.69. The molecule has 1 rings (SSSR count). The largest absolute Gasteiger partial charge is 0.492 e. The van der Waals surface area contributed by atoms with Gasteiger partial charge in [0.05, 0.1) is 6.61 Å². The highest BCUT2D eigenvalue weighted by atomic mass is 32.2. The minimum Gasteiger partial charge on any atom is -0.492 e. The summed E-state index contributed by atoms with van der Waals surface area (Å²) in [5, 5.41) is 0. The first kappa shape index (κ1) is 14.7. The van der Waals surface area contributed by atoms with Crippen LogP contribution in [0.3, 0.4) is 0 Å². The third kappa shape index (κ3) is 3.34. The minimum atomic E-state index is -3.56. The number of aryl methyl sites for hydroxylation is 2. The van der Waals surface area contributed by atoms with Crippen LogP contribution in [-0.2, 0) is 10.0 Å². The van der Waals surface area contributed by atoms with Crippen LogP contribution in [0.5, 0.6) is 5.75 Å². The van der Waals surface area contributed by atoms with E-state index in [4.69, 9.17) is 4.74 Å². The van der Waals surface area contributed by atoms with Gasteiger partial charge in [-0.2, -0.15) is 0 Å². The lowest BCUT2D eigenvalue weighted by Crippen LogP contribution is -2.24. The zero-order valence-electron chi connectivity index (χ0n) is 11.0. The number of hydrogen-bond acceptors (Lipinski definition) is 3. The topological polar surface area (TPSA) is 55.4 Å². The summed E-state index contributed by atoms with van der Waals surface area (Å²) in [5.74, 6) is 0.386. The average Bonchev–Trinajstić information content (AvgIpc) is 2.31. The van der Waals surface area contributed by atoms with E-state index in [-0.39, 0.29) is 11.4 Å². The van der Waals surface area contributed by atoms with Gasteiger partial charge in [0.25, 0.3) is 0 Å². The molecule has 0 aliphatic heterocycles. The third-order valence-electron chi connectivity index (χ3n) is 2.57. The molecular weight excluding hydrogens is 250 g/mol. The van der Waals surface area contributed by atoms with Crippen molar-refractivity contribution in [1.29, 1.82) is 0 Å². The Labute approximate surface area is 109 Å². The van der Waals surface area contributed by atoms with Gasteiger partial charge in [-0.05, 0) is 44.0 Å². The lowest BCUT2D eigenvalue weighted by Gasteiger charge is -2.13. The van der Waals surface area contributed by atoms with Gasteiger partial charge < -0.3 is 4.74 Å². The smallest absolute Gasteiger partial charge is 0.244 e. The van der Waals surface area contributed by atoms with Crippen LogP contribution in [-0.4, -0.2) is 21.6 Å². The van der Waals surface area contributed by atoms with Crippen LogP contribution in [0.15, 0.2) is 29.7 Å². The molecule has 18 heavy (non-hydrogen) atoms. The molecule has 0 aliphatic rings. The van der Waals surface area contributed by atoms with Crippen molar-refractivity contribution < 1.29 is 13.2 Å². The van der Waals surface area contributed by atoms with Crippen LogP contribution in [0.1, 0.15) is 18.1 Å². The quantitative estimate of drug-likeness (QED) is 0.805. The summed E-state index contributed by atoms with van der Waals surface area (Å²) >= 11 is 0. The molecule has 1 aromatic carbocycles. The summed E-state index contributed by atoms with van der Waals surface area (Å²) in [6.45, 7) is 9.72. The fourth-order valence-corrected chi connectivity index (χ4v) is 2.70. The van der Waals surface area contributed by atoms with Crippen molar-refractivity contribution in [2.24, 2.45) is 0 Å². The van der Waals surface area contributed by atoms with Crippen LogP contribution >= 0.6 is 0 Å². The normalized spacial score (nSPS) is 11.3. The Morgan fingerprint density at radius 1 is 1.33 bits per heavy atom. The summed E-state index contributed by atoms with van der Waals surface area (Å²) < 4.78 is 32.1. The number of nitrogens with one attached hydrogen (secondary N) is 1. The van der Waals surface area contributed by atoms with Crippen molar-refractivity contribution >= 4 is 10.0 Å². The van der Waals surface area contributed by atoms with E-state index in [0.717, 1.165) is 11.1 Å². The molecule has 0 bridgehead atoms. The Morgan fingerprint density at radius 3 is 2.50 bits per heavy atom. The van der Waals surface area contributed by atoms with Gasteiger partial charge in [-0.1, -0.05) is 6.08 Å². The molecule has 0 atom stereocenters. The van der Waals surface area contributed by atoms with Crippen LogP contribution < -0.4 is 9.46 Å². The van der Waals surface area contributed by atoms with Crippen molar-refractivity contribution in [3.63, 3.8) is 0 Å². The molecule has 1 N–H and O–H groups in total. The summed E-state index contributed by atoms with van der Waals surface area (Å²) in [5.41, 5.74) is 1.92. The Kier molecular flexibility index (Phi) is 4.93. The van der Waals surface area contributed by atoms with E-state index in [0.29, 0.717) is 12.4 Å². The molecule has 0 fully saturated rings. The number of hydrogen-bond donors (Lipinski definition) is 1. The van der Waals surface area contributed by atoms with E-state index in [1.807, 2.05) is 20.8 Å². The second-order valence-electron chi connectivity index (χ2n) is 3.96. The van der Waals surface area contributed by atoms with Gasteiger partial charge in [-0.3, -0.25) is 0 Å². The summed E-state index contributed by atoms with van der Waals surface area (Å²) in [6, 6.07) is 3.38. The fraction of sp³-hybridized carbons (Fsp3) is 0.385. The van der Waals surface area contributed by atoms with E-state index in [9.17, 15) is 8.42 Å². The van der Waals surface area contributed by atoms with Gasteiger partial charge in [-0.25, -0.2) is 13.1 Å². The van der Waals surface area contributed by atoms with Crippen molar-refractivity contribution in [1.82, 2.24) is 4.72 Å². The lowest BCUT2D eigenvalue weighted by atomic mass is 10.1. The molecule has 0 saturated heterocycles. The predicted octanol–water partition coefficient (Wildman–Crippen LogP) is 2.17. The van der Waals surface area contributed by atoms with E-state index >= 15 is 0 Å². The van der Waals surface area contributed by atoms with Crippen molar-refractivity contribution in [3.05, 3.63) is 35.9 Å². The Hall–Kier alpha value is -1.33. The van der Waals surface area contributed by atoms with Crippen LogP contribution in [0.25, 0.3) is 0 Å². The Bertz CT molecular complexity index is 535. The third-order valence-corrected chi connectivity index (χ3v) is 4.01. The van der Waals surface area contributed by atoms with Gasteiger partial charge in [0, 0.05) is 6.54 Å². The maximum atomic E-state index is 12.1. The highest BCUT2D eigenvalue weighted by Gasteiger charge is 2.19. The van der Waals surface area contributed by atoms with E-state index < -0.39 is 10.0 Å². The Balaban J connectivity index is 3.28. The Morgan fingerprint density at radius 2 is 1.94 bits per heavy atom. The highest BCUT2D eigenvalue weighted by Crippen LogP contribution is 2.27. The molecule has 1 aromatic rings. The van der Waals surface area contributed by atoms with Gasteiger partial charge >= 0.3 is 0 Å². The van der Waals surface area contributed by atoms with E-state index in [1.54, 1.807) is 12.1 Å². The molecule has 5 heteroatoms. The van der Waals surface area contributed by atoms with Crippen molar-refractivity contribution in [3.8, 4) is 5.75 Å². The predicted molar refractivity (Wildman–Crippen MR) is 72.5 cm³/mol. The van der Waals surface area contributed by atoms with Crippen LogP contribution in [0, 0.1) is 13.8 Å². The van der Waals surface area contributed by atoms with Gasteiger partial charge in [-0.15, -0.1) is 6.58 Å². The maximum Gasteiger partial charge on any atom is 0.244 e. The standard InChI is InChI=1S/C13H19NO3S/c1-5-7-14-18(15,16)13-9-11(4)10(3)8-12(13)17-6-2/h5,8-9,14H,1,6-7H2,2-4H3. The van der Waals surface area contributed by atoms with Crippen molar-refractivity contribution in [2.45, 2.75) is 25.7 Å². The first-order valence-electron chi connectivity index (χ1n) is 5.77. The number of benzene rings is 1. The molecule has 0 amide bonds. The first-order valence-corrected chi connectivity index (χ1v) is 7.25. The van der Waals surface area contributed by atoms with Crippen LogP contribution in [0.4, 0.5) is 0 Å². The molecule has 0 aromatic heterocycles. The molecule has 100 valence electrons. The SMILES string of the molecule is C=CCNS(=O)(=O)c1cc(C)c(C)cc1OCC. The van der Waals surface area contributed by atoms with Gasteiger partial charge in [0.15, 0.2) is 0 Å². The minimum absolute atomic E-state index is 0.175. The molecule has 0 unspecified atom stereocenters. The first-order chi connectivity index (χ1) is 8.42. The lowest BCUT2D eigenvalue weighted by molar-refractivity contribution is 0.330. The monoisotopic (exact) mass is 269 g/mol. The van der Waals surface area contributed by atoms with Gasteiger partial charge in [0.2, 0.25) is 10.0 Å². The number of ether oxygens (including phenoxy) is 1. The summed E-state index contributed by atoms with van der Waals surface area (Å²) in [4.78, 5) is 0.175. The molecule has 0 radical (unpaired) electrons. The average molecular weight is 269 g/mol. The summed E-state index contributed by atoms with van der Waals surface area (Å²) in [7, 11) is -3.56. The van der Waals surface area contributed by atoms with Gasteiger partial charge in [0.1, 0.15) is 10.6 Å². The van der Waals surface area contributed by atoms with Crippen molar-refractivity contribution in [2.75, 3.05) is 13.2 Å². The highest BCUT2D eigenvalue weighted by molar-refractivity contribution is 7.89. The second kappa shape index (κ2) is 6.02. The van der Waals surface area contributed by atoms with E-state index in [1.165, 1.54) is 6.08 Å². The zero-order valence-corrected chi connectivity index (χ0v) is 11.8. The number of rotatable bonds is 6. The van der Waals surface area contributed by atoms with E-state index in [2.05, 4.69) is 11.3 Å². The molecular formula is C13H19NO3S. The molecule has 4 nitrogen and oxygen atoms in total. The number of sulfonamides is 1. The molecule has 0 spiro atoms. The molecule has 0 saturated carbocycles. The molecule has 0 aliphatic carbocycles. The van der Waals surface area contributed by atoms with Crippen LogP contribution in [0.2, 0.25) is 0 Å². The molecule has 0 heterocycles. The fourth-order valence-electron chi connectivity index (χ4n) is 1.49. The zero-order chi connectivity index (χ0) is 13.8. The maximum absolute atomic E-state index is 12.1. The summed E-state index contributed by atoms with van der Waals surface area (Å²) in [6.07, 6.45) is 1.50.